The van der Waals surface area contributed by atoms with Gasteiger partial charge in [-0.1, -0.05) is 12.1 Å². The van der Waals surface area contributed by atoms with E-state index in [2.05, 4.69) is 42.1 Å². The molecule has 5 heterocycles. The van der Waals surface area contributed by atoms with E-state index in [0.717, 1.165) is 36.4 Å². The Morgan fingerprint density at radius 3 is 2.42 bits per heavy atom. The number of alkyl halides is 3. The molecule has 0 amide bonds. The third-order valence-corrected chi connectivity index (χ3v) is 7.55. The number of esters is 1. The first-order valence-corrected chi connectivity index (χ1v) is 13.9. The molecule has 0 bridgehead atoms. The number of hydrogen-bond acceptors (Lipinski definition) is 10. The summed E-state index contributed by atoms with van der Waals surface area (Å²) >= 11 is 0. The number of ether oxygens (including phenoxy) is 1. The maximum Gasteiger partial charge on any atom is 0.491 e. The van der Waals surface area contributed by atoms with Crippen LogP contribution in [-0.2, 0) is 4.79 Å². The van der Waals surface area contributed by atoms with Crippen LogP contribution in [0.4, 0.5) is 30.5 Å². The summed E-state index contributed by atoms with van der Waals surface area (Å²) in [5.41, 5.74) is 1.33. The molecular weight excluding hydrogens is 591 g/mol. The zero-order chi connectivity index (χ0) is 31.3. The van der Waals surface area contributed by atoms with Gasteiger partial charge < -0.3 is 19.9 Å². The van der Waals surface area contributed by atoms with Crippen LogP contribution in [0.2, 0.25) is 0 Å². The molecule has 15 heteroatoms. The molecular formula is C30H24F3N9O3. The van der Waals surface area contributed by atoms with Crippen LogP contribution in [-0.4, -0.2) is 79.4 Å². The van der Waals surface area contributed by atoms with E-state index in [1.807, 2.05) is 24.3 Å². The molecule has 1 aliphatic heterocycles. The lowest BCUT2D eigenvalue weighted by Crippen LogP contribution is -2.44. The molecule has 0 saturated carbocycles. The standard InChI is InChI=1S/C30H24F3N9O3/c1-39-13-15-40(16-14-39)19-10-8-18(9-11-19)36-29-35-17-20-25(38-29)37-26-24-21(5-4-6-22(24)45-28(44)30(31,32)33)41(42(26)27(20)43)23-7-2-3-12-34-23/h2-12,17H,13-16H2,1H3,(H,35,36,38). The van der Waals surface area contributed by atoms with E-state index in [1.54, 1.807) is 24.3 Å². The maximum atomic E-state index is 13.9. The number of piperazine rings is 1. The zero-order valence-electron chi connectivity index (χ0n) is 23.7. The van der Waals surface area contributed by atoms with Gasteiger partial charge in [0.15, 0.2) is 17.1 Å². The summed E-state index contributed by atoms with van der Waals surface area (Å²) in [6.45, 7) is 3.83. The largest absolute Gasteiger partial charge is 0.491 e. The lowest BCUT2D eigenvalue weighted by Gasteiger charge is -2.34. The maximum absolute atomic E-state index is 13.9. The third kappa shape index (κ3) is 5.16. The number of hydrogen-bond donors (Lipinski definition) is 1. The summed E-state index contributed by atoms with van der Waals surface area (Å²) in [6.07, 6.45) is -2.41. The van der Waals surface area contributed by atoms with Crippen molar-refractivity contribution >= 4 is 50.9 Å². The lowest BCUT2D eigenvalue weighted by molar-refractivity contribution is -0.189. The number of likely N-dealkylation sites (N-methyl/N-ethyl adjacent to an activating group) is 1. The Hall–Kier alpha value is -5.57. The normalized spacial score (nSPS) is 14.4. The van der Waals surface area contributed by atoms with Gasteiger partial charge in [-0.25, -0.2) is 24.4 Å². The molecule has 0 radical (unpaired) electrons. The summed E-state index contributed by atoms with van der Waals surface area (Å²) in [6, 6.07) is 16.9. The zero-order valence-corrected chi connectivity index (χ0v) is 23.7. The fraction of sp³-hybridized carbons (Fsp3) is 0.200. The van der Waals surface area contributed by atoms with E-state index in [0.29, 0.717) is 5.69 Å². The molecule has 6 aromatic rings. The minimum atomic E-state index is -5.24. The molecule has 7 rings (SSSR count). The average molecular weight is 616 g/mol. The van der Waals surface area contributed by atoms with Crippen molar-refractivity contribution in [1.29, 1.82) is 0 Å². The molecule has 1 aliphatic rings. The van der Waals surface area contributed by atoms with Gasteiger partial charge in [0.2, 0.25) is 5.95 Å². The van der Waals surface area contributed by atoms with Gasteiger partial charge in [-0.3, -0.25) is 4.79 Å². The Labute approximate surface area is 252 Å². The van der Waals surface area contributed by atoms with E-state index in [1.165, 1.54) is 29.2 Å². The van der Waals surface area contributed by atoms with Crippen LogP contribution >= 0.6 is 0 Å². The molecule has 45 heavy (non-hydrogen) atoms. The molecule has 2 aromatic carbocycles. The number of carbonyl (C=O) groups is 1. The summed E-state index contributed by atoms with van der Waals surface area (Å²) in [7, 11) is 2.10. The molecule has 0 spiro atoms. The second kappa shape index (κ2) is 10.9. The first-order chi connectivity index (χ1) is 21.7. The summed E-state index contributed by atoms with van der Waals surface area (Å²) in [5, 5.41) is 3.16. The van der Waals surface area contributed by atoms with Crippen molar-refractivity contribution < 1.29 is 22.7 Å². The predicted octanol–water partition coefficient (Wildman–Crippen LogP) is 3.94. The molecule has 1 fully saturated rings. The van der Waals surface area contributed by atoms with Crippen molar-refractivity contribution in [3.63, 3.8) is 0 Å². The van der Waals surface area contributed by atoms with Crippen LogP contribution in [0, 0.1) is 0 Å². The van der Waals surface area contributed by atoms with E-state index in [9.17, 15) is 22.8 Å². The third-order valence-electron chi connectivity index (χ3n) is 7.55. The SMILES string of the molecule is CN1CCN(c2ccc(Nc3ncc4c(=O)n5c(nc4n3)c3c(OC(=O)C(F)(F)F)cccc3n5-c3ccccn3)cc2)CC1. The molecule has 0 atom stereocenters. The highest BCUT2D eigenvalue weighted by atomic mass is 19.4. The summed E-state index contributed by atoms with van der Waals surface area (Å²) in [4.78, 5) is 48.0. The number of pyridine rings is 1. The quantitative estimate of drug-likeness (QED) is 0.225. The monoisotopic (exact) mass is 615 g/mol. The highest BCUT2D eigenvalue weighted by Crippen LogP contribution is 2.33. The minimum absolute atomic E-state index is 0.00707. The van der Waals surface area contributed by atoms with E-state index < -0.39 is 23.5 Å². The molecule has 1 N–H and O–H groups in total. The predicted molar refractivity (Wildman–Crippen MR) is 160 cm³/mol. The first kappa shape index (κ1) is 28.2. The van der Waals surface area contributed by atoms with Crippen molar-refractivity contribution in [2.24, 2.45) is 0 Å². The Morgan fingerprint density at radius 1 is 0.933 bits per heavy atom. The average Bonchev–Trinajstić information content (AvgIpc) is 3.37. The number of aromatic nitrogens is 6. The number of fused-ring (bicyclic) bond motifs is 4. The van der Waals surface area contributed by atoms with Crippen LogP contribution in [0.15, 0.2) is 77.9 Å². The summed E-state index contributed by atoms with van der Waals surface area (Å²) in [5.74, 6) is -2.40. The Kier molecular flexibility index (Phi) is 6.81. The fourth-order valence-corrected chi connectivity index (χ4v) is 5.30. The van der Waals surface area contributed by atoms with Crippen molar-refractivity contribution in [3.05, 3.63) is 83.4 Å². The van der Waals surface area contributed by atoms with Gasteiger partial charge in [0.1, 0.15) is 11.1 Å². The number of halogens is 3. The van der Waals surface area contributed by atoms with E-state index in [4.69, 9.17) is 4.74 Å². The van der Waals surface area contributed by atoms with Gasteiger partial charge in [0, 0.05) is 49.9 Å². The first-order valence-electron chi connectivity index (χ1n) is 13.9. The van der Waals surface area contributed by atoms with E-state index >= 15 is 0 Å². The van der Waals surface area contributed by atoms with Crippen LogP contribution in [0.1, 0.15) is 0 Å². The summed E-state index contributed by atoms with van der Waals surface area (Å²) < 4.78 is 46.8. The second-order valence-corrected chi connectivity index (χ2v) is 10.5. The van der Waals surface area contributed by atoms with Gasteiger partial charge in [-0.15, -0.1) is 0 Å². The number of rotatable bonds is 5. The molecule has 0 aliphatic carbocycles. The Morgan fingerprint density at radius 2 is 1.71 bits per heavy atom. The van der Waals surface area contributed by atoms with Crippen LogP contribution in [0.5, 0.6) is 5.75 Å². The fourth-order valence-electron chi connectivity index (χ4n) is 5.30. The Bertz CT molecular complexity index is 2120. The van der Waals surface area contributed by atoms with Gasteiger partial charge >= 0.3 is 12.1 Å². The Balaban J connectivity index is 1.33. The molecule has 0 unspecified atom stereocenters. The van der Waals surface area contributed by atoms with Gasteiger partial charge in [-0.05, 0) is 55.6 Å². The van der Waals surface area contributed by atoms with E-state index in [-0.39, 0.29) is 39.3 Å². The van der Waals surface area contributed by atoms with Crippen LogP contribution in [0.25, 0.3) is 33.4 Å². The minimum Gasteiger partial charge on any atom is -0.419 e. The topological polar surface area (TPSA) is 123 Å². The molecule has 12 nitrogen and oxygen atoms in total. The lowest BCUT2D eigenvalue weighted by atomic mass is 10.2. The van der Waals surface area contributed by atoms with Crippen LogP contribution in [0.3, 0.4) is 0 Å². The number of carbonyl (C=O) groups excluding carboxylic acids is 1. The molecule has 4 aromatic heterocycles. The van der Waals surface area contributed by atoms with Gasteiger partial charge in [-0.2, -0.15) is 22.7 Å². The smallest absolute Gasteiger partial charge is 0.419 e. The van der Waals surface area contributed by atoms with Crippen molar-refractivity contribution in [3.8, 4) is 11.6 Å². The van der Waals surface area contributed by atoms with Gasteiger partial charge in [0.25, 0.3) is 5.56 Å². The van der Waals surface area contributed by atoms with Crippen molar-refractivity contribution in [2.45, 2.75) is 6.18 Å². The van der Waals surface area contributed by atoms with Crippen LogP contribution < -0.4 is 20.5 Å². The van der Waals surface area contributed by atoms with Gasteiger partial charge in [0.05, 0.1) is 10.9 Å². The molecule has 228 valence electrons. The highest BCUT2D eigenvalue weighted by molar-refractivity contribution is 6.01. The number of nitrogens with one attached hydrogen (secondary N) is 1. The number of nitrogens with zero attached hydrogens (tertiary/aromatic N) is 8. The molecule has 1 saturated heterocycles. The van der Waals surface area contributed by atoms with Crippen molar-refractivity contribution in [2.75, 3.05) is 43.4 Å². The van der Waals surface area contributed by atoms with Crippen molar-refractivity contribution in [1.82, 2.24) is 34.0 Å². The number of benzene rings is 2. The second-order valence-electron chi connectivity index (χ2n) is 10.5. The number of anilines is 3. The highest BCUT2D eigenvalue weighted by Gasteiger charge is 2.42.